The average Bonchev–Trinajstić information content (AvgIpc) is 2.68. The lowest BCUT2D eigenvalue weighted by Crippen LogP contribution is -2.39. The second-order valence-electron chi connectivity index (χ2n) is 6.86. The molecule has 0 bridgehead atoms. The zero-order valence-electron chi connectivity index (χ0n) is 14.6. The molecule has 1 N–H and O–H groups in total. The molecule has 0 radical (unpaired) electrons. The van der Waals surface area contributed by atoms with Crippen LogP contribution in [-0.4, -0.2) is 35.8 Å². The van der Waals surface area contributed by atoms with Gasteiger partial charge in [0.05, 0.1) is 6.04 Å². The molecule has 1 aromatic rings. The first kappa shape index (κ1) is 17.5. The third-order valence-electron chi connectivity index (χ3n) is 5.03. The smallest absolute Gasteiger partial charge is 0.253 e. The number of rotatable bonds is 5. The molecule has 1 heterocycles. The Morgan fingerprint density at radius 3 is 2.52 bits per heavy atom. The zero-order valence-corrected chi connectivity index (χ0v) is 14.6. The number of likely N-dealkylation sites (tertiary alicyclic amines) is 1. The van der Waals surface area contributed by atoms with E-state index >= 15 is 0 Å². The van der Waals surface area contributed by atoms with Gasteiger partial charge in [-0.05, 0) is 43.7 Å². The third kappa shape index (κ3) is 5.05. The Labute approximate surface area is 149 Å². The first-order valence-electron chi connectivity index (χ1n) is 9.19. The number of hydrogen-bond acceptors (Lipinski definition) is 2. The van der Waals surface area contributed by atoms with Crippen LogP contribution < -0.4 is 5.32 Å². The molecule has 25 heavy (non-hydrogen) atoms. The lowest BCUT2D eigenvalue weighted by Gasteiger charge is -2.32. The lowest BCUT2D eigenvalue weighted by molar-refractivity contribution is -0.121. The van der Waals surface area contributed by atoms with Crippen LogP contribution in [0.2, 0.25) is 0 Å². The van der Waals surface area contributed by atoms with Crippen molar-refractivity contribution in [1.82, 2.24) is 10.2 Å². The highest BCUT2D eigenvalue weighted by molar-refractivity contribution is 5.94. The van der Waals surface area contributed by atoms with Gasteiger partial charge in [0.1, 0.15) is 0 Å². The summed E-state index contributed by atoms with van der Waals surface area (Å²) in [5, 5.41) is 3.07. The van der Waals surface area contributed by atoms with Crippen LogP contribution in [0.1, 0.15) is 42.5 Å². The van der Waals surface area contributed by atoms with Crippen LogP contribution in [0.5, 0.6) is 0 Å². The molecule has 2 aliphatic rings. The summed E-state index contributed by atoms with van der Waals surface area (Å²) in [6, 6.07) is 9.60. The number of allylic oxidation sites excluding steroid dienone is 2. The Morgan fingerprint density at radius 1 is 1.08 bits per heavy atom. The monoisotopic (exact) mass is 338 g/mol. The van der Waals surface area contributed by atoms with E-state index < -0.39 is 0 Å². The molecule has 0 aromatic heterocycles. The van der Waals surface area contributed by atoms with Gasteiger partial charge in [0.2, 0.25) is 5.91 Å². The minimum Gasteiger partial charge on any atom is -0.350 e. The molecule has 0 saturated carbocycles. The molecule has 2 amide bonds. The fourth-order valence-corrected chi connectivity index (χ4v) is 3.49. The molecule has 1 atom stereocenters. The number of nitrogens with zero attached hydrogens (tertiary/aromatic N) is 1. The van der Waals surface area contributed by atoms with Crippen molar-refractivity contribution >= 4 is 11.8 Å². The van der Waals surface area contributed by atoms with Gasteiger partial charge >= 0.3 is 0 Å². The number of carbonyl (C=O) groups excluding carboxylic acids is 2. The summed E-state index contributed by atoms with van der Waals surface area (Å²) in [5.41, 5.74) is 0.759. The van der Waals surface area contributed by atoms with Crippen LogP contribution in [0, 0.1) is 5.92 Å². The maximum Gasteiger partial charge on any atom is 0.253 e. The first-order chi connectivity index (χ1) is 12.2. The van der Waals surface area contributed by atoms with Gasteiger partial charge in [-0.25, -0.2) is 0 Å². The van der Waals surface area contributed by atoms with Crippen molar-refractivity contribution in [2.24, 2.45) is 5.92 Å². The fourth-order valence-electron chi connectivity index (χ4n) is 3.49. The van der Waals surface area contributed by atoms with Gasteiger partial charge in [0.15, 0.2) is 0 Å². The van der Waals surface area contributed by atoms with E-state index in [4.69, 9.17) is 0 Å². The maximum atomic E-state index is 12.4. The summed E-state index contributed by atoms with van der Waals surface area (Å²) >= 11 is 0. The molecule has 1 aliphatic heterocycles. The van der Waals surface area contributed by atoms with Gasteiger partial charge in [-0.3, -0.25) is 9.59 Å². The van der Waals surface area contributed by atoms with Crippen molar-refractivity contribution in [3.63, 3.8) is 0 Å². The summed E-state index contributed by atoms with van der Waals surface area (Å²) in [4.78, 5) is 26.5. The molecule has 132 valence electrons. The summed E-state index contributed by atoms with van der Waals surface area (Å²) in [6.07, 6.45) is 12.4. The van der Waals surface area contributed by atoms with Crippen molar-refractivity contribution in [2.45, 2.75) is 38.1 Å². The maximum absolute atomic E-state index is 12.4. The molecular weight excluding hydrogens is 312 g/mol. The normalized spacial score (nSPS) is 20.5. The summed E-state index contributed by atoms with van der Waals surface area (Å²) in [7, 11) is 0. The summed E-state index contributed by atoms with van der Waals surface area (Å²) in [5.74, 6) is 0.786. The molecule has 1 aromatic carbocycles. The van der Waals surface area contributed by atoms with Gasteiger partial charge in [-0.15, -0.1) is 0 Å². The SMILES string of the molecule is O=C(CCC1CCN(C(=O)c2ccccc2)CC1)NC1C=CC=CC1. The molecule has 1 saturated heterocycles. The highest BCUT2D eigenvalue weighted by atomic mass is 16.2. The number of benzene rings is 1. The van der Waals surface area contributed by atoms with Crippen LogP contribution in [0.3, 0.4) is 0 Å². The molecule has 1 unspecified atom stereocenters. The van der Waals surface area contributed by atoms with Crippen molar-refractivity contribution in [3.05, 3.63) is 60.2 Å². The average molecular weight is 338 g/mol. The van der Waals surface area contributed by atoms with Crippen molar-refractivity contribution < 1.29 is 9.59 Å². The molecule has 1 fully saturated rings. The quantitative estimate of drug-likeness (QED) is 0.895. The Hall–Kier alpha value is -2.36. The largest absolute Gasteiger partial charge is 0.350 e. The second-order valence-corrected chi connectivity index (χ2v) is 6.86. The Balaban J connectivity index is 1.38. The Bertz CT molecular complexity index is 643. The molecule has 3 rings (SSSR count). The van der Waals surface area contributed by atoms with Gasteiger partial charge in [-0.2, -0.15) is 0 Å². The van der Waals surface area contributed by atoms with E-state index in [1.807, 2.05) is 53.5 Å². The Kier molecular flexibility index (Phi) is 6.04. The van der Waals surface area contributed by atoms with E-state index in [9.17, 15) is 9.59 Å². The topological polar surface area (TPSA) is 49.4 Å². The number of nitrogens with one attached hydrogen (secondary N) is 1. The van der Waals surface area contributed by atoms with Crippen molar-refractivity contribution in [3.8, 4) is 0 Å². The van der Waals surface area contributed by atoms with Crippen molar-refractivity contribution in [2.75, 3.05) is 13.1 Å². The van der Waals surface area contributed by atoms with E-state index in [1.165, 1.54) is 0 Å². The number of piperidine rings is 1. The zero-order chi connectivity index (χ0) is 17.5. The van der Waals surface area contributed by atoms with Gasteiger partial charge in [0.25, 0.3) is 5.91 Å². The van der Waals surface area contributed by atoms with Gasteiger partial charge in [0, 0.05) is 25.1 Å². The first-order valence-corrected chi connectivity index (χ1v) is 9.19. The molecule has 0 spiro atoms. The fraction of sp³-hybridized carbons (Fsp3) is 0.429. The van der Waals surface area contributed by atoms with Crippen LogP contribution in [-0.2, 0) is 4.79 Å². The summed E-state index contributed by atoms with van der Waals surface area (Å²) in [6.45, 7) is 1.58. The molecule has 4 nitrogen and oxygen atoms in total. The highest BCUT2D eigenvalue weighted by Gasteiger charge is 2.24. The minimum atomic E-state index is 0.119. The molecule has 1 aliphatic carbocycles. The summed E-state index contributed by atoms with van der Waals surface area (Å²) < 4.78 is 0. The minimum absolute atomic E-state index is 0.119. The van der Waals surface area contributed by atoms with E-state index in [0.29, 0.717) is 12.3 Å². The number of hydrogen-bond donors (Lipinski definition) is 1. The standard InChI is InChI=1S/C21H26N2O2/c24-20(22-19-9-5-2-6-10-19)12-11-17-13-15-23(16-14-17)21(25)18-7-3-1-4-8-18/h1-9,17,19H,10-16H2,(H,22,24). The second kappa shape index (κ2) is 8.65. The predicted octanol–water partition coefficient (Wildman–Crippen LogP) is 3.32. The van der Waals surface area contributed by atoms with E-state index in [0.717, 1.165) is 44.3 Å². The molecular formula is C21H26N2O2. The molecule has 4 heteroatoms. The predicted molar refractivity (Wildman–Crippen MR) is 99.1 cm³/mol. The van der Waals surface area contributed by atoms with Gasteiger partial charge < -0.3 is 10.2 Å². The van der Waals surface area contributed by atoms with E-state index in [2.05, 4.69) is 11.4 Å². The third-order valence-corrected chi connectivity index (χ3v) is 5.03. The number of carbonyl (C=O) groups is 2. The van der Waals surface area contributed by atoms with E-state index in [1.54, 1.807) is 0 Å². The van der Waals surface area contributed by atoms with Gasteiger partial charge in [-0.1, -0.05) is 42.5 Å². The highest BCUT2D eigenvalue weighted by Crippen LogP contribution is 2.23. The van der Waals surface area contributed by atoms with Crippen LogP contribution in [0.15, 0.2) is 54.6 Å². The lowest BCUT2D eigenvalue weighted by atomic mass is 9.91. The van der Waals surface area contributed by atoms with E-state index in [-0.39, 0.29) is 17.9 Å². The van der Waals surface area contributed by atoms with Crippen molar-refractivity contribution in [1.29, 1.82) is 0 Å². The van der Waals surface area contributed by atoms with Crippen LogP contribution in [0.4, 0.5) is 0 Å². The van der Waals surface area contributed by atoms with Crippen LogP contribution >= 0.6 is 0 Å². The Morgan fingerprint density at radius 2 is 1.84 bits per heavy atom. The van der Waals surface area contributed by atoms with Crippen LogP contribution in [0.25, 0.3) is 0 Å². The number of amides is 2.